The Hall–Kier alpha value is -1.04. The van der Waals surface area contributed by atoms with Crippen molar-refractivity contribution in [2.45, 2.75) is 18.6 Å². The van der Waals surface area contributed by atoms with E-state index < -0.39 is 17.7 Å². The molecule has 106 valence electrons. The fraction of sp³-hybridized carbons (Fsp3) is 0.571. The summed E-state index contributed by atoms with van der Waals surface area (Å²) in [6.45, 7) is 2.41. The van der Waals surface area contributed by atoms with E-state index in [2.05, 4.69) is 4.90 Å². The minimum absolute atomic E-state index is 0.0344. The first-order valence-corrected chi connectivity index (χ1v) is 6.51. The molecule has 2 atom stereocenters. The summed E-state index contributed by atoms with van der Waals surface area (Å²) in [6.07, 6.45) is -0.0248. The molecule has 1 fully saturated rings. The highest BCUT2D eigenvalue weighted by molar-refractivity contribution is 5.22. The summed E-state index contributed by atoms with van der Waals surface area (Å²) in [7, 11) is 3.88. The summed E-state index contributed by atoms with van der Waals surface area (Å²) in [6, 6.07) is 3.71. The van der Waals surface area contributed by atoms with Crippen molar-refractivity contribution >= 4 is 0 Å². The van der Waals surface area contributed by atoms with E-state index >= 15 is 0 Å². The van der Waals surface area contributed by atoms with Crippen LogP contribution in [0.4, 0.5) is 8.78 Å². The van der Waals surface area contributed by atoms with Gasteiger partial charge in [-0.1, -0.05) is 12.1 Å². The molecule has 0 radical (unpaired) electrons. The molecule has 0 aliphatic carbocycles. The lowest BCUT2D eigenvalue weighted by Gasteiger charge is -2.31. The smallest absolute Gasteiger partial charge is 0.164 e. The first-order chi connectivity index (χ1) is 9.00. The summed E-state index contributed by atoms with van der Waals surface area (Å²) in [5, 5.41) is 10.4. The average molecular weight is 270 g/mol. The number of nitrogens with zero attached hydrogens (tertiary/aromatic N) is 2. The standard InChI is InChI=1S/C14H20F2N2O/c1-17-7-4-8-18(2)12(9-17)14(19)10-5-3-6-11(15)13(10)16/h3,5-6,12,14,19H,4,7-9H2,1-2H3. The molecule has 0 saturated carbocycles. The van der Waals surface area contributed by atoms with E-state index in [0.29, 0.717) is 6.54 Å². The number of halogens is 2. The molecular formula is C14H20F2N2O. The molecule has 1 aliphatic rings. The third kappa shape index (κ3) is 3.11. The molecule has 0 aromatic heterocycles. The number of aliphatic hydroxyl groups excluding tert-OH is 1. The number of benzene rings is 1. The normalized spacial score (nSPS) is 24.2. The first kappa shape index (κ1) is 14.4. The second-order valence-corrected chi connectivity index (χ2v) is 5.25. The van der Waals surface area contributed by atoms with E-state index in [4.69, 9.17) is 0 Å². The summed E-state index contributed by atoms with van der Waals surface area (Å²) >= 11 is 0. The van der Waals surface area contributed by atoms with Crippen LogP contribution >= 0.6 is 0 Å². The van der Waals surface area contributed by atoms with Crippen LogP contribution < -0.4 is 0 Å². The third-order valence-electron chi connectivity index (χ3n) is 3.78. The Bertz CT molecular complexity index is 441. The predicted octanol–water partition coefficient (Wildman–Crippen LogP) is 1.63. The summed E-state index contributed by atoms with van der Waals surface area (Å²) in [4.78, 5) is 4.12. The maximum absolute atomic E-state index is 13.8. The van der Waals surface area contributed by atoms with E-state index in [1.165, 1.54) is 12.1 Å². The Morgan fingerprint density at radius 2 is 2.00 bits per heavy atom. The van der Waals surface area contributed by atoms with Gasteiger partial charge < -0.3 is 10.0 Å². The van der Waals surface area contributed by atoms with Crippen LogP contribution in [-0.4, -0.2) is 54.7 Å². The number of hydrogen-bond donors (Lipinski definition) is 1. The third-order valence-corrected chi connectivity index (χ3v) is 3.78. The molecule has 0 spiro atoms. The van der Waals surface area contributed by atoms with E-state index in [1.807, 2.05) is 19.0 Å². The Labute approximate surface area is 112 Å². The first-order valence-electron chi connectivity index (χ1n) is 6.51. The average Bonchev–Trinajstić information content (AvgIpc) is 2.54. The van der Waals surface area contributed by atoms with Gasteiger partial charge in [0, 0.05) is 12.1 Å². The minimum atomic E-state index is -1.03. The number of rotatable bonds is 2. The molecule has 0 bridgehead atoms. The van der Waals surface area contributed by atoms with Crippen molar-refractivity contribution in [3.8, 4) is 0 Å². The number of likely N-dealkylation sites (N-methyl/N-ethyl adjacent to an activating group) is 2. The minimum Gasteiger partial charge on any atom is -0.387 e. The van der Waals surface area contributed by atoms with E-state index in [-0.39, 0.29) is 11.6 Å². The molecule has 2 unspecified atom stereocenters. The van der Waals surface area contributed by atoms with Gasteiger partial charge in [0.05, 0.1) is 12.1 Å². The van der Waals surface area contributed by atoms with Crippen LogP contribution in [0.2, 0.25) is 0 Å². The maximum atomic E-state index is 13.8. The van der Waals surface area contributed by atoms with Crippen molar-refractivity contribution in [2.75, 3.05) is 33.7 Å². The summed E-state index contributed by atoms with van der Waals surface area (Å²) < 4.78 is 27.0. The fourth-order valence-electron chi connectivity index (χ4n) is 2.60. The largest absolute Gasteiger partial charge is 0.387 e. The van der Waals surface area contributed by atoms with Crippen molar-refractivity contribution in [3.05, 3.63) is 35.4 Å². The van der Waals surface area contributed by atoms with Gasteiger partial charge in [-0.25, -0.2) is 8.78 Å². The molecule has 1 heterocycles. The second kappa shape index (κ2) is 5.94. The molecule has 2 rings (SSSR count). The van der Waals surface area contributed by atoms with Crippen molar-refractivity contribution < 1.29 is 13.9 Å². The highest BCUT2D eigenvalue weighted by Crippen LogP contribution is 2.26. The van der Waals surface area contributed by atoms with Crippen molar-refractivity contribution in [3.63, 3.8) is 0 Å². The molecule has 0 amide bonds. The molecule has 1 aromatic carbocycles. The van der Waals surface area contributed by atoms with Gasteiger partial charge in [-0.05, 0) is 39.7 Å². The van der Waals surface area contributed by atoms with E-state index in [0.717, 1.165) is 25.6 Å². The summed E-state index contributed by atoms with van der Waals surface area (Å²) in [5.41, 5.74) is 0.0344. The lowest BCUT2D eigenvalue weighted by Crippen LogP contribution is -2.42. The topological polar surface area (TPSA) is 26.7 Å². The van der Waals surface area contributed by atoms with Gasteiger partial charge in [0.15, 0.2) is 11.6 Å². The predicted molar refractivity (Wildman–Crippen MR) is 69.8 cm³/mol. The number of hydrogen-bond acceptors (Lipinski definition) is 3. The lowest BCUT2D eigenvalue weighted by molar-refractivity contribution is 0.0543. The molecular weight excluding hydrogens is 250 g/mol. The van der Waals surface area contributed by atoms with Crippen LogP contribution in [0.15, 0.2) is 18.2 Å². The van der Waals surface area contributed by atoms with Crippen molar-refractivity contribution in [1.29, 1.82) is 0 Å². The van der Waals surface area contributed by atoms with Gasteiger partial charge in [-0.3, -0.25) is 4.90 Å². The van der Waals surface area contributed by atoms with Gasteiger partial charge >= 0.3 is 0 Å². The van der Waals surface area contributed by atoms with Gasteiger partial charge in [-0.2, -0.15) is 0 Å². The Kier molecular flexibility index (Phi) is 4.50. The fourth-order valence-corrected chi connectivity index (χ4v) is 2.60. The van der Waals surface area contributed by atoms with Crippen LogP contribution in [0.5, 0.6) is 0 Å². The highest BCUT2D eigenvalue weighted by atomic mass is 19.2. The van der Waals surface area contributed by atoms with Gasteiger partial charge in [0.25, 0.3) is 0 Å². The van der Waals surface area contributed by atoms with Crippen LogP contribution in [0.25, 0.3) is 0 Å². The van der Waals surface area contributed by atoms with Crippen LogP contribution in [0.1, 0.15) is 18.1 Å². The van der Waals surface area contributed by atoms with Crippen LogP contribution in [0, 0.1) is 11.6 Å². The molecule has 1 aliphatic heterocycles. The van der Waals surface area contributed by atoms with Gasteiger partial charge in [0.1, 0.15) is 0 Å². The van der Waals surface area contributed by atoms with Gasteiger partial charge in [-0.15, -0.1) is 0 Å². The van der Waals surface area contributed by atoms with E-state index in [9.17, 15) is 13.9 Å². The Morgan fingerprint density at radius 3 is 2.74 bits per heavy atom. The zero-order valence-electron chi connectivity index (χ0n) is 11.3. The SMILES string of the molecule is CN1CCCN(C)C(C(O)c2cccc(F)c2F)C1. The molecule has 5 heteroatoms. The van der Waals surface area contributed by atoms with Crippen molar-refractivity contribution in [1.82, 2.24) is 9.80 Å². The quantitative estimate of drug-likeness (QED) is 0.885. The van der Waals surface area contributed by atoms with E-state index in [1.54, 1.807) is 0 Å². The monoisotopic (exact) mass is 270 g/mol. The zero-order valence-corrected chi connectivity index (χ0v) is 11.3. The molecule has 1 saturated heterocycles. The maximum Gasteiger partial charge on any atom is 0.164 e. The molecule has 1 aromatic rings. The summed E-state index contributed by atoms with van der Waals surface area (Å²) in [5.74, 6) is -1.86. The zero-order chi connectivity index (χ0) is 14.0. The van der Waals surface area contributed by atoms with Crippen LogP contribution in [-0.2, 0) is 0 Å². The lowest BCUT2D eigenvalue weighted by atomic mass is 10.00. The number of aliphatic hydroxyl groups is 1. The Morgan fingerprint density at radius 1 is 1.26 bits per heavy atom. The van der Waals surface area contributed by atoms with Crippen molar-refractivity contribution in [2.24, 2.45) is 0 Å². The highest BCUT2D eigenvalue weighted by Gasteiger charge is 2.30. The second-order valence-electron chi connectivity index (χ2n) is 5.25. The molecule has 1 N–H and O–H groups in total. The molecule has 19 heavy (non-hydrogen) atoms. The Balaban J connectivity index is 2.26. The molecule has 3 nitrogen and oxygen atoms in total. The van der Waals surface area contributed by atoms with Gasteiger partial charge in [0.2, 0.25) is 0 Å². The van der Waals surface area contributed by atoms with Crippen LogP contribution in [0.3, 0.4) is 0 Å².